The van der Waals surface area contributed by atoms with E-state index in [0.29, 0.717) is 11.8 Å². The molecule has 1 aliphatic carbocycles. The number of aliphatic hydroxyl groups excluding tert-OH is 1. The summed E-state index contributed by atoms with van der Waals surface area (Å²) in [7, 11) is 2.20. The van der Waals surface area contributed by atoms with E-state index in [2.05, 4.69) is 76.5 Å². The molecule has 8 rings (SSSR count). The van der Waals surface area contributed by atoms with Crippen molar-refractivity contribution < 1.29 is 9.90 Å². The van der Waals surface area contributed by atoms with Crippen LogP contribution in [-0.2, 0) is 11.4 Å². The summed E-state index contributed by atoms with van der Waals surface area (Å²) in [5, 5.41) is 11.6. The van der Waals surface area contributed by atoms with Crippen molar-refractivity contribution in [1.29, 1.82) is 0 Å². The number of fused-ring (bicyclic) bond motifs is 2. The third-order valence-corrected chi connectivity index (χ3v) is 10.0. The van der Waals surface area contributed by atoms with E-state index in [1.54, 1.807) is 6.33 Å². The Bertz CT molecular complexity index is 1920. The topological polar surface area (TPSA) is 85.3 Å². The summed E-state index contributed by atoms with van der Waals surface area (Å²) < 4.78 is 0. The number of H-pyrrole nitrogens is 1. The summed E-state index contributed by atoms with van der Waals surface area (Å²) >= 11 is 0. The van der Waals surface area contributed by atoms with E-state index < -0.39 is 6.04 Å². The van der Waals surface area contributed by atoms with Gasteiger partial charge >= 0.3 is 0 Å². The van der Waals surface area contributed by atoms with Crippen LogP contribution >= 0.6 is 0 Å². The van der Waals surface area contributed by atoms with Gasteiger partial charge in [0.05, 0.1) is 12.3 Å². The summed E-state index contributed by atoms with van der Waals surface area (Å²) in [6, 6.07) is 22.9. The third-order valence-electron chi connectivity index (χ3n) is 10.0. The van der Waals surface area contributed by atoms with Crippen molar-refractivity contribution in [2.75, 3.05) is 25.0 Å². The second kappa shape index (κ2) is 11.4. The quantitative estimate of drug-likeness (QED) is 0.194. The average Bonchev–Trinajstić information content (AvgIpc) is 3.85. The number of nitrogens with one attached hydrogen (secondary N) is 1. The molecule has 0 bridgehead atoms. The normalized spacial score (nSPS) is 18.8. The van der Waals surface area contributed by atoms with Crippen LogP contribution in [0.25, 0.3) is 39.6 Å². The Morgan fingerprint density at radius 1 is 0.933 bits per heavy atom. The highest BCUT2D eigenvalue weighted by Gasteiger charge is 2.30. The zero-order valence-corrected chi connectivity index (χ0v) is 25.5. The lowest BCUT2D eigenvalue weighted by Gasteiger charge is -2.33. The third kappa shape index (κ3) is 5.06. The van der Waals surface area contributed by atoms with Gasteiger partial charge in [-0.25, -0.2) is 9.97 Å². The van der Waals surface area contributed by atoms with Gasteiger partial charge in [0.1, 0.15) is 24.3 Å². The van der Waals surface area contributed by atoms with Crippen molar-refractivity contribution in [1.82, 2.24) is 19.9 Å². The fourth-order valence-corrected chi connectivity index (χ4v) is 7.24. The monoisotopic (exact) mass is 595 g/mol. The Kier molecular flexibility index (Phi) is 7.07. The Balaban J connectivity index is 1.14. The lowest BCUT2D eigenvalue weighted by molar-refractivity contribution is -0.109. The lowest BCUT2D eigenvalue weighted by atomic mass is 9.89. The van der Waals surface area contributed by atoms with Crippen molar-refractivity contribution in [3.8, 4) is 22.5 Å². The molecule has 2 aliphatic heterocycles. The van der Waals surface area contributed by atoms with Crippen LogP contribution in [0.5, 0.6) is 0 Å². The van der Waals surface area contributed by atoms with Gasteiger partial charge in [-0.05, 0) is 104 Å². The first-order valence-electron chi connectivity index (χ1n) is 16.0. The number of rotatable bonds is 7. The SMILES string of the molecule is CN1CCC(c2ccc(-c3cc4c(-c5cccc(N6C=Cc7cc(C8CC8)ccc7C6C=O)c5CO)ncnc4[nH]3)cc2)CC1. The van der Waals surface area contributed by atoms with Crippen molar-refractivity contribution in [2.45, 2.75) is 50.2 Å². The number of aldehydes is 1. The second-order valence-corrected chi connectivity index (χ2v) is 12.8. The fraction of sp³-hybridized carbons (Fsp3) is 0.289. The molecule has 1 saturated heterocycles. The maximum Gasteiger partial charge on any atom is 0.147 e. The van der Waals surface area contributed by atoms with Gasteiger partial charge in [0.15, 0.2) is 0 Å². The maximum atomic E-state index is 12.6. The van der Waals surface area contributed by atoms with Crippen molar-refractivity contribution in [3.63, 3.8) is 0 Å². The zero-order chi connectivity index (χ0) is 30.5. The highest BCUT2D eigenvalue weighted by atomic mass is 16.3. The molecule has 1 atom stereocenters. The Labute approximate surface area is 263 Å². The minimum absolute atomic E-state index is 0.198. The predicted molar refractivity (Wildman–Crippen MR) is 179 cm³/mol. The second-order valence-electron chi connectivity index (χ2n) is 12.8. The largest absolute Gasteiger partial charge is 0.392 e. The average molecular weight is 596 g/mol. The molecule has 1 unspecified atom stereocenters. The van der Waals surface area contributed by atoms with E-state index in [1.165, 1.54) is 36.8 Å². The Morgan fingerprint density at radius 3 is 2.47 bits per heavy atom. The molecule has 3 aliphatic rings. The first kappa shape index (κ1) is 27.9. The molecule has 3 aromatic carbocycles. The van der Waals surface area contributed by atoms with Crippen LogP contribution in [0.15, 0.2) is 79.3 Å². The molecular weight excluding hydrogens is 558 g/mol. The zero-order valence-electron chi connectivity index (χ0n) is 25.5. The summed E-state index contributed by atoms with van der Waals surface area (Å²) in [5.74, 6) is 1.26. The van der Waals surface area contributed by atoms with Crippen LogP contribution in [0.1, 0.15) is 71.4 Å². The Hall–Kier alpha value is -4.59. The van der Waals surface area contributed by atoms with E-state index in [9.17, 15) is 9.90 Å². The van der Waals surface area contributed by atoms with E-state index in [-0.39, 0.29) is 6.61 Å². The van der Waals surface area contributed by atoms with E-state index in [0.717, 1.165) is 75.3 Å². The number of carbonyl (C=O) groups is 1. The van der Waals surface area contributed by atoms with Gasteiger partial charge in [-0.3, -0.25) is 0 Å². The van der Waals surface area contributed by atoms with Gasteiger partial charge in [-0.1, -0.05) is 54.6 Å². The van der Waals surface area contributed by atoms with Crippen molar-refractivity contribution in [3.05, 3.63) is 107 Å². The summed E-state index contributed by atoms with van der Waals surface area (Å²) in [6.07, 6.45) is 11.5. The standard InChI is InChI=1S/C38H37N5O2/c1-42-16-13-26(14-17-42)24-7-9-27(10-8-24)34-20-32-37(39-23-40-38(32)41-34)31-3-2-4-35(33(31)21-44)43-18-15-29-19-28(25-5-6-25)11-12-30(29)36(43)22-45/h2-4,7-12,15,18-20,22-23,25-26,36,44H,5-6,13-14,16-17,21H2,1H3,(H,39,40,41). The van der Waals surface area contributed by atoms with E-state index in [1.807, 2.05) is 29.3 Å². The number of anilines is 1. The van der Waals surface area contributed by atoms with Crippen molar-refractivity contribution in [2.24, 2.45) is 0 Å². The van der Waals surface area contributed by atoms with Gasteiger partial charge in [0, 0.05) is 34.1 Å². The van der Waals surface area contributed by atoms with Gasteiger partial charge in [0.25, 0.3) is 0 Å². The molecule has 2 aromatic heterocycles. The van der Waals surface area contributed by atoms with E-state index in [4.69, 9.17) is 4.98 Å². The molecule has 2 N–H and O–H groups in total. The first-order chi connectivity index (χ1) is 22.1. The Morgan fingerprint density at radius 2 is 1.71 bits per heavy atom. The molecule has 45 heavy (non-hydrogen) atoms. The number of nitrogens with zero attached hydrogens (tertiary/aromatic N) is 4. The molecule has 1 saturated carbocycles. The minimum atomic E-state index is -0.486. The molecule has 0 spiro atoms. The molecule has 2 fully saturated rings. The summed E-state index contributed by atoms with van der Waals surface area (Å²) in [6.45, 7) is 2.09. The lowest BCUT2D eigenvalue weighted by Crippen LogP contribution is -2.29. The summed E-state index contributed by atoms with van der Waals surface area (Å²) in [4.78, 5) is 29.7. The molecule has 0 amide bonds. The smallest absolute Gasteiger partial charge is 0.147 e. The number of aliphatic hydroxyl groups is 1. The molecule has 7 nitrogen and oxygen atoms in total. The number of aromatic nitrogens is 3. The van der Waals surface area contributed by atoms with Crippen LogP contribution in [0.2, 0.25) is 0 Å². The number of benzene rings is 3. The molecule has 4 heterocycles. The van der Waals surface area contributed by atoms with Crippen LogP contribution in [-0.4, -0.2) is 51.4 Å². The predicted octanol–water partition coefficient (Wildman–Crippen LogP) is 7.20. The number of likely N-dealkylation sites (tertiary alicyclic amines) is 1. The highest BCUT2D eigenvalue weighted by Crippen LogP contribution is 2.44. The number of piperidine rings is 1. The molecular formula is C38H37N5O2. The van der Waals surface area contributed by atoms with E-state index >= 15 is 0 Å². The van der Waals surface area contributed by atoms with Gasteiger partial charge in [0.2, 0.25) is 0 Å². The number of hydrogen-bond donors (Lipinski definition) is 2. The van der Waals surface area contributed by atoms with Gasteiger partial charge < -0.3 is 24.7 Å². The van der Waals surface area contributed by atoms with Crippen LogP contribution in [0.3, 0.4) is 0 Å². The van der Waals surface area contributed by atoms with Crippen LogP contribution in [0.4, 0.5) is 5.69 Å². The number of carbonyl (C=O) groups excluding carboxylic acids is 1. The molecule has 5 aromatic rings. The van der Waals surface area contributed by atoms with Gasteiger partial charge in [-0.2, -0.15) is 0 Å². The first-order valence-corrected chi connectivity index (χ1v) is 16.0. The van der Waals surface area contributed by atoms with Crippen LogP contribution < -0.4 is 4.90 Å². The maximum absolute atomic E-state index is 12.6. The highest BCUT2D eigenvalue weighted by molar-refractivity contribution is 5.96. The molecule has 7 heteroatoms. The fourth-order valence-electron chi connectivity index (χ4n) is 7.24. The minimum Gasteiger partial charge on any atom is -0.392 e. The summed E-state index contributed by atoms with van der Waals surface area (Å²) in [5.41, 5.74) is 10.7. The van der Waals surface area contributed by atoms with Crippen molar-refractivity contribution >= 4 is 29.1 Å². The number of hydrogen-bond acceptors (Lipinski definition) is 6. The number of aromatic amines is 1. The molecule has 0 radical (unpaired) electrons. The van der Waals surface area contributed by atoms with Crippen LogP contribution in [0, 0.1) is 0 Å². The van der Waals surface area contributed by atoms with Gasteiger partial charge in [-0.15, -0.1) is 0 Å². The molecule has 226 valence electrons.